The number of nitrogen functional groups attached to an aromatic ring is 1. The molecule has 110 valence electrons. The summed E-state index contributed by atoms with van der Waals surface area (Å²) in [7, 11) is 0. The van der Waals surface area contributed by atoms with Crippen LogP contribution in [0, 0.1) is 0 Å². The molecule has 6 heteroatoms. The fourth-order valence-electron chi connectivity index (χ4n) is 2.12. The Hall–Kier alpha value is -2.30. The van der Waals surface area contributed by atoms with Crippen LogP contribution in [0.15, 0.2) is 48.5 Å². The highest BCUT2D eigenvalue weighted by Gasteiger charge is 2.19. The second-order valence-corrected chi connectivity index (χ2v) is 5.56. The van der Waals surface area contributed by atoms with E-state index in [0.29, 0.717) is 27.0 Å². The Balaban J connectivity index is 2.06. The molecule has 0 radical (unpaired) electrons. The molecule has 0 aliphatic carbocycles. The first-order chi connectivity index (χ1) is 10.5. The van der Waals surface area contributed by atoms with Crippen LogP contribution in [-0.2, 0) is 0 Å². The quantitative estimate of drug-likeness (QED) is 0.706. The number of nitrogens with two attached hydrogens (primary N) is 1. The summed E-state index contributed by atoms with van der Waals surface area (Å²) >= 11 is 11.7. The summed E-state index contributed by atoms with van der Waals surface area (Å²) in [5.41, 5.74) is 7.81. The van der Waals surface area contributed by atoms with E-state index in [-0.39, 0.29) is 11.7 Å². The predicted molar refractivity (Wildman–Crippen MR) is 88.3 cm³/mol. The minimum atomic E-state index is -0.203. The average Bonchev–Trinajstić information content (AvgIpc) is 2.90. The molecule has 4 nitrogen and oxygen atoms in total. The molecule has 3 aromatic rings. The standard InChI is InChI=1S/C16H11Cl2N3O/c17-11-5-1-9(2-6-11)13-14(21-16(19)20-13)15(22)10-3-7-12(18)8-4-10/h1-8H,(H3,19,20,21). The van der Waals surface area contributed by atoms with Gasteiger partial charge in [-0.1, -0.05) is 35.3 Å². The maximum absolute atomic E-state index is 12.6. The van der Waals surface area contributed by atoms with Gasteiger partial charge in [-0.15, -0.1) is 0 Å². The second-order valence-electron chi connectivity index (χ2n) is 4.69. The third kappa shape index (κ3) is 2.84. The van der Waals surface area contributed by atoms with Crippen LogP contribution < -0.4 is 5.73 Å². The van der Waals surface area contributed by atoms with E-state index in [4.69, 9.17) is 28.9 Å². The summed E-state index contributed by atoms with van der Waals surface area (Å²) in [5, 5.41) is 1.18. The minimum absolute atomic E-state index is 0.183. The van der Waals surface area contributed by atoms with Gasteiger partial charge in [-0.25, -0.2) is 4.98 Å². The number of carbonyl (C=O) groups excluding carboxylic acids is 1. The molecule has 0 atom stereocenters. The van der Waals surface area contributed by atoms with Crippen molar-refractivity contribution in [2.24, 2.45) is 0 Å². The summed E-state index contributed by atoms with van der Waals surface area (Å²) in [5.74, 6) is -0.0203. The first-order valence-corrected chi connectivity index (χ1v) is 7.22. The van der Waals surface area contributed by atoms with Gasteiger partial charge in [0, 0.05) is 21.2 Å². The van der Waals surface area contributed by atoms with Crippen molar-refractivity contribution in [3.05, 3.63) is 69.8 Å². The molecule has 0 aliphatic heterocycles. The smallest absolute Gasteiger partial charge is 0.211 e. The van der Waals surface area contributed by atoms with Crippen LogP contribution in [0.2, 0.25) is 10.0 Å². The van der Waals surface area contributed by atoms with E-state index in [2.05, 4.69) is 9.97 Å². The molecular weight excluding hydrogens is 321 g/mol. The van der Waals surface area contributed by atoms with E-state index < -0.39 is 0 Å². The van der Waals surface area contributed by atoms with Crippen molar-refractivity contribution in [3.8, 4) is 11.3 Å². The molecule has 0 saturated heterocycles. The normalized spacial score (nSPS) is 10.6. The van der Waals surface area contributed by atoms with Gasteiger partial charge in [0.15, 0.2) is 5.95 Å². The third-order valence-electron chi connectivity index (χ3n) is 3.17. The SMILES string of the molecule is Nc1nc(-c2ccc(Cl)cc2)c(C(=O)c2ccc(Cl)cc2)[nH]1. The van der Waals surface area contributed by atoms with Gasteiger partial charge in [0.1, 0.15) is 11.4 Å². The number of H-pyrrole nitrogens is 1. The van der Waals surface area contributed by atoms with E-state index in [1.54, 1.807) is 48.5 Å². The number of anilines is 1. The number of hydrogen-bond donors (Lipinski definition) is 2. The maximum atomic E-state index is 12.6. The van der Waals surface area contributed by atoms with Crippen LogP contribution in [0.25, 0.3) is 11.3 Å². The molecule has 0 saturated carbocycles. The highest BCUT2D eigenvalue weighted by molar-refractivity contribution is 6.31. The van der Waals surface area contributed by atoms with Crippen molar-refractivity contribution in [2.75, 3.05) is 5.73 Å². The lowest BCUT2D eigenvalue weighted by Crippen LogP contribution is -2.03. The van der Waals surface area contributed by atoms with Crippen LogP contribution in [0.4, 0.5) is 5.95 Å². The Morgan fingerprint density at radius 1 is 0.955 bits per heavy atom. The van der Waals surface area contributed by atoms with Crippen molar-refractivity contribution in [1.29, 1.82) is 0 Å². The Kier molecular flexibility index (Phi) is 3.88. The molecule has 0 aliphatic rings. The van der Waals surface area contributed by atoms with Gasteiger partial charge >= 0.3 is 0 Å². The number of rotatable bonds is 3. The average molecular weight is 332 g/mol. The number of aromatic nitrogens is 2. The number of carbonyl (C=O) groups is 1. The van der Waals surface area contributed by atoms with Gasteiger partial charge in [-0.2, -0.15) is 0 Å². The second kappa shape index (κ2) is 5.83. The molecule has 0 bridgehead atoms. The van der Waals surface area contributed by atoms with Gasteiger partial charge in [0.2, 0.25) is 5.78 Å². The summed E-state index contributed by atoms with van der Waals surface area (Å²) in [4.78, 5) is 19.7. The molecule has 22 heavy (non-hydrogen) atoms. The Labute approximate surface area is 136 Å². The highest BCUT2D eigenvalue weighted by Crippen LogP contribution is 2.26. The number of nitrogens with one attached hydrogen (secondary N) is 1. The lowest BCUT2D eigenvalue weighted by molar-refractivity contribution is 0.103. The Bertz CT molecular complexity index is 824. The van der Waals surface area contributed by atoms with Gasteiger partial charge in [-0.05, 0) is 36.4 Å². The summed E-state index contributed by atoms with van der Waals surface area (Å²) in [6.07, 6.45) is 0. The van der Waals surface area contributed by atoms with Gasteiger partial charge < -0.3 is 10.7 Å². The van der Waals surface area contributed by atoms with Gasteiger partial charge in [0.25, 0.3) is 0 Å². The molecular formula is C16H11Cl2N3O. The Morgan fingerprint density at radius 2 is 1.50 bits per heavy atom. The van der Waals surface area contributed by atoms with Crippen molar-refractivity contribution < 1.29 is 4.79 Å². The Morgan fingerprint density at radius 3 is 2.09 bits per heavy atom. The molecule has 0 spiro atoms. The molecule has 0 amide bonds. The van der Waals surface area contributed by atoms with E-state index in [0.717, 1.165) is 5.56 Å². The zero-order valence-corrected chi connectivity index (χ0v) is 12.8. The number of hydrogen-bond acceptors (Lipinski definition) is 3. The first kappa shape index (κ1) is 14.6. The lowest BCUT2D eigenvalue weighted by atomic mass is 10.0. The number of aromatic amines is 1. The summed E-state index contributed by atoms with van der Waals surface area (Å²) < 4.78 is 0. The molecule has 3 N–H and O–H groups in total. The number of imidazole rings is 1. The van der Waals surface area contributed by atoms with E-state index in [1.165, 1.54) is 0 Å². The first-order valence-electron chi connectivity index (χ1n) is 6.46. The molecule has 2 aromatic carbocycles. The monoisotopic (exact) mass is 331 g/mol. The van der Waals surface area contributed by atoms with Crippen molar-refractivity contribution in [1.82, 2.24) is 9.97 Å². The van der Waals surface area contributed by atoms with Gasteiger partial charge in [-0.3, -0.25) is 4.79 Å². The van der Waals surface area contributed by atoms with Gasteiger partial charge in [0.05, 0.1) is 0 Å². The van der Waals surface area contributed by atoms with E-state index in [1.807, 2.05) is 0 Å². The minimum Gasteiger partial charge on any atom is -0.369 e. The van der Waals surface area contributed by atoms with Crippen LogP contribution >= 0.6 is 23.2 Å². The molecule has 0 fully saturated rings. The summed E-state index contributed by atoms with van der Waals surface area (Å²) in [6, 6.07) is 13.7. The fourth-order valence-corrected chi connectivity index (χ4v) is 2.37. The topological polar surface area (TPSA) is 71.8 Å². The van der Waals surface area contributed by atoms with Crippen LogP contribution in [0.5, 0.6) is 0 Å². The van der Waals surface area contributed by atoms with E-state index in [9.17, 15) is 4.79 Å². The van der Waals surface area contributed by atoms with Crippen molar-refractivity contribution >= 4 is 34.9 Å². The number of nitrogens with zero attached hydrogens (tertiary/aromatic N) is 1. The van der Waals surface area contributed by atoms with Crippen molar-refractivity contribution in [2.45, 2.75) is 0 Å². The number of benzene rings is 2. The summed E-state index contributed by atoms with van der Waals surface area (Å²) in [6.45, 7) is 0. The lowest BCUT2D eigenvalue weighted by Gasteiger charge is -2.03. The number of halogens is 2. The maximum Gasteiger partial charge on any atom is 0.211 e. The fraction of sp³-hybridized carbons (Fsp3) is 0. The predicted octanol–water partition coefficient (Wildman–Crippen LogP) is 4.20. The molecule has 1 heterocycles. The van der Waals surface area contributed by atoms with E-state index >= 15 is 0 Å². The van der Waals surface area contributed by atoms with Crippen molar-refractivity contribution in [3.63, 3.8) is 0 Å². The largest absolute Gasteiger partial charge is 0.369 e. The zero-order valence-electron chi connectivity index (χ0n) is 11.3. The van der Waals surface area contributed by atoms with Crippen LogP contribution in [0.3, 0.4) is 0 Å². The van der Waals surface area contributed by atoms with Crippen LogP contribution in [-0.4, -0.2) is 15.8 Å². The highest BCUT2D eigenvalue weighted by atomic mass is 35.5. The third-order valence-corrected chi connectivity index (χ3v) is 3.68. The molecule has 3 rings (SSSR count). The number of ketones is 1. The molecule has 1 aromatic heterocycles. The zero-order chi connectivity index (χ0) is 15.7. The van der Waals surface area contributed by atoms with Crippen LogP contribution in [0.1, 0.15) is 16.1 Å². The molecule has 0 unspecified atom stereocenters.